The van der Waals surface area contributed by atoms with Crippen LogP contribution in [0.2, 0.25) is 0 Å². The molecule has 18 heavy (non-hydrogen) atoms. The molecule has 3 heteroatoms. The average molecular weight is 240 g/mol. The molecule has 0 atom stereocenters. The third-order valence-corrected chi connectivity index (χ3v) is 2.77. The highest BCUT2D eigenvalue weighted by molar-refractivity contribution is 6.16. The number of ketones is 1. The molecule has 0 spiro atoms. The summed E-state index contributed by atoms with van der Waals surface area (Å²) in [7, 11) is 0. The van der Waals surface area contributed by atoms with E-state index in [9.17, 15) is 9.59 Å². The number of rotatable bonds is 4. The summed E-state index contributed by atoms with van der Waals surface area (Å²) in [4.78, 5) is 22.2. The van der Waals surface area contributed by atoms with E-state index in [0.717, 1.165) is 16.3 Å². The number of hydrogen-bond donors (Lipinski definition) is 1. The maximum absolute atomic E-state index is 11.6. The fourth-order valence-corrected chi connectivity index (χ4v) is 1.76. The quantitative estimate of drug-likeness (QED) is 0.507. The minimum absolute atomic E-state index is 0.0654. The van der Waals surface area contributed by atoms with Gasteiger partial charge in [-0.15, -0.1) is 0 Å². The van der Waals surface area contributed by atoms with Crippen molar-refractivity contribution in [2.45, 2.75) is 6.42 Å². The van der Waals surface area contributed by atoms with Crippen LogP contribution < -0.4 is 0 Å². The van der Waals surface area contributed by atoms with Crippen molar-refractivity contribution in [3.63, 3.8) is 0 Å². The molecule has 2 rings (SSSR count). The van der Waals surface area contributed by atoms with Gasteiger partial charge >= 0.3 is 5.97 Å². The first-order valence-electron chi connectivity index (χ1n) is 5.51. The van der Waals surface area contributed by atoms with Crippen molar-refractivity contribution in [1.29, 1.82) is 0 Å². The van der Waals surface area contributed by atoms with E-state index in [1.165, 1.54) is 0 Å². The lowest BCUT2D eigenvalue weighted by Gasteiger charge is -2.03. The summed E-state index contributed by atoms with van der Waals surface area (Å²) in [6, 6.07) is 13.4. The molecular weight excluding hydrogens is 228 g/mol. The van der Waals surface area contributed by atoms with Crippen molar-refractivity contribution in [2.24, 2.45) is 0 Å². The van der Waals surface area contributed by atoms with Crippen LogP contribution in [0.5, 0.6) is 0 Å². The molecule has 0 heterocycles. The molecule has 1 N–H and O–H groups in total. The van der Waals surface area contributed by atoms with E-state index in [1.54, 1.807) is 0 Å². The van der Waals surface area contributed by atoms with Crippen LogP contribution >= 0.6 is 0 Å². The summed E-state index contributed by atoms with van der Waals surface area (Å²) >= 11 is 0. The highest BCUT2D eigenvalue weighted by atomic mass is 16.4. The highest BCUT2D eigenvalue weighted by Gasteiger charge is 2.14. The van der Waals surface area contributed by atoms with E-state index < -0.39 is 11.8 Å². The number of aliphatic carboxylic acids is 1. The summed E-state index contributed by atoms with van der Waals surface area (Å²) in [5.41, 5.74) is 0.421. The van der Waals surface area contributed by atoms with Gasteiger partial charge in [0, 0.05) is 6.42 Å². The Kier molecular flexibility index (Phi) is 3.24. The predicted octanol–water partition coefficient (Wildman–Crippen LogP) is 2.59. The van der Waals surface area contributed by atoms with Crippen LogP contribution in [0, 0.1) is 0 Å². The van der Waals surface area contributed by atoms with Crippen molar-refractivity contribution < 1.29 is 14.7 Å². The fourth-order valence-electron chi connectivity index (χ4n) is 1.76. The second-order valence-electron chi connectivity index (χ2n) is 4.07. The largest absolute Gasteiger partial charge is 0.478 e. The summed E-state index contributed by atoms with van der Waals surface area (Å²) in [5, 5.41) is 10.8. The molecule has 0 amide bonds. The molecule has 0 aromatic heterocycles. The van der Waals surface area contributed by atoms with Gasteiger partial charge in [0.15, 0.2) is 5.78 Å². The summed E-state index contributed by atoms with van der Waals surface area (Å²) in [5.74, 6) is -1.72. The molecule has 3 nitrogen and oxygen atoms in total. The Morgan fingerprint density at radius 1 is 1.06 bits per heavy atom. The first-order valence-corrected chi connectivity index (χ1v) is 5.51. The normalized spacial score (nSPS) is 10.2. The van der Waals surface area contributed by atoms with Crippen LogP contribution in [0.25, 0.3) is 10.8 Å². The molecular formula is C15H12O3. The van der Waals surface area contributed by atoms with Gasteiger partial charge in [0.1, 0.15) is 0 Å². The van der Waals surface area contributed by atoms with Crippen molar-refractivity contribution in [3.8, 4) is 0 Å². The number of hydrogen-bond acceptors (Lipinski definition) is 2. The van der Waals surface area contributed by atoms with E-state index in [0.29, 0.717) is 0 Å². The maximum Gasteiger partial charge on any atom is 0.338 e. The highest BCUT2D eigenvalue weighted by Crippen LogP contribution is 2.16. The first-order chi connectivity index (χ1) is 8.58. The molecule has 0 aliphatic heterocycles. The van der Waals surface area contributed by atoms with E-state index >= 15 is 0 Å². The van der Waals surface area contributed by atoms with Crippen molar-refractivity contribution in [1.82, 2.24) is 0 Å². The molecule has 0 fully saturated rings. The number of carboxylic acid groups (broad SMARTS) is 1. The van der Waals surface area contributed by atoms with Gasteiger partial charge in [0.25, 0.3) is 0 Å². The Morgan fingerprint density at radius 3 is 2.39 bits per heavy atom. The average Bonchev–Trinajstić information content (AvgIpc) is 2.37. The molecule has 0 bridgehead atoms. The van der Waals surface area contributed by atoms with Crippen LogP contribution in [0.1, 0.15) is 5.56 Å². The van der Waals surface area contributed by atoms with Gasteiger partial charge in [-0.05, 0) is 16.3 Å². The minimum Gasteiger partial charge on any atom is -0.478 e. The minimum atomic E-state index is -1.26. The topological polar surface area (TPSA) is 54.4 Å². The zero-order valence-electron chi connectivity index (χ0n) is 9.72. The lowest BCUT2D eigenvalue weighted by atomic mass is 10.0. The van der Waals surface area contributed by atoms with Gasteiger partial charge < -0.3 is 5.11 Å². The molecule has 0 aliphatic rings. The van der Waals surface area contributed by atoms with Gasteiger partial charge in [0.05, 0.1) is 5.57 Å². The fraction of sp³-hybridized carbons (Fsp3) is 0.0667. The van der Waals surface area contributed by atoms with Crippen LogP contribution in [0.4, 0.5) is 0 Å². The van der Waals surface area contributed by atoms with Crippen LogP contribution in [0.15, 0.2) is 54.6 Å². The van der Waals surface area contributed by atoms with Crippen LogP contribution in [0.3, 0.4) is 0 Å². The van der Waals surface area contributed by atoms with Crippen LogP contribution in [-0.2, 0) is 16.0 Å². The molecule has 2 aromatic carbocycles. The Bertz CT molecular complexity index is 641. The standard InChI is InChI=1S/C15H12O3/c1-10(15(17)18)14(16)9-11-6-7-12-4-2-3-5-13(12)8-11/h2-8H,1,9H2,(H,17,18). The van der Waals surface area contributed by atoms with E-state index in [4.69, 9.17) is 5.11 Å². The first kappa shape index (κ1) is 12.0. The molecule has 0 unspecified atom stereocenters. The second-order valence-corrected chi connectivity index (χ2v) is 4.07. The summed E-state index contributed by atoms with van der Waals surface area (Å²) in [6.07, 6.45) is 0.0654. The predicted molar refractivity (Wildman–Crippen MR) is 69.4 cm³/mol. The number of carbonyl (C=O) groups is 2. The maximum atomic E-state index is 11.6. The smallest absolute Gasteiger partial charge is 0.338 e. The summed E-state index contributed by atoms with van der Waals surface area (Å²) in [6.45, 7) is 3.26. The molecule has 0 saturated heterocycles. The third kappa shape index (κ3) is 2.46. The lowest BCUT2D eigenvalue weighted by Crippen LogP contribution is -2.13. The molecule has 2 aromatic rings. The Balaban J connectivity index is 2.25. The van der Waals surface area contributed by atoms with Gasteiger partial charge in [-0.2, -0.15) is 0 Å². The Morgan fingerprint density at radius 2 is 1.72 bits per heavy atom. The Hall–Kier alpha value is -2.42. The third-order valence-electron chi connectivity index (χ3n) is 2.77. The second kappa shape index (κ2) is 4.84. The number of benzene rings is 2. The van der Waals surface area contributed by atoms with E-state index in [1.807, 2.05) is 42.5 Å². The monoisotopic (exact) mass is 240 g/mol. The zero-order chi connectivity index (χ0) is 13.1. The van der Waals surface area contributed by atoms with Gasteiger partial charge in [-0.1, -0.05) is 49.0 Å². The van der Waals surface area contributed by atoms with E-state index in [2.05, 4.69) is 6.58 Å². The zero-order valence-corrected chi connectivity index (χ0v) is 9.72. The number of fused-ring (bicyclic) bond motifs is 1. The van der Waals surface area contributed by atoms with Gasteiger partial charge in [-0.25, -0.2) is 4.79 Å². The Labute approximate surface area is 104 Å². The lowest BCUT2D eigenvalue weighted by molar-refractivity contribution is -0.134. The summed E-state index contributed by atoms with van der Waals surface area (Å²) < 4.78 is 0. The molecule has 0 aliphatic carbocycles. The van der Waals surface area contributed by atoms with Gasteiger partial charge in [0.2, 0.25) is 0 Å². The van der Waals surface area contributed by atoms with Gasteiger partial charge in [-0.3, -0.25) is 4.79 Å². The number of Topliss-reactive ketones (excluding diaryl/α,β-unsaturated/α-hetero) is 1. The van der Waals surface area contributed by atoms with Crippen molar-refractivity contribution in [2.75, 3.05) is 0 Å². The van der Waals surface area contributed by atoms with Crippen molar-refractivity contribution >= 4 is 22.5 Å². The molecule has 90 valence electrons. The van der Waals surface area contributed by atoms with E-state index in [-0.39, 0.29) is 12.0 Å². The SMILES string of the molecule is C=C(C(=O)O)C(=O)Cc1ccc2ccccc2c1. The van der Waals surface area contributed by atoms with Crippen LogP contribution in [-0.4, -0.2) is 16.9 Å². The number of carbonyl (C=O) groups excluding carboxylic acids is 1. The van der Waals surface area contributed by atoms with Crippen molar-refractivity contribution in [3.05, 3.63) is 60.2 Å². The number of carboxylic acids is 1. The molecule has 0 saturated carbocycles. The molecule has 0 radical (unpaired) electrons.